The average molecular weight is 341 g/mol. The van der Waals surface area contributed by atoms with Gasteiger partial charge in [0.15, 0.2) is 0 Å². The van der Waals surface area contributed by atoms with Gasteiger partial charge in [0.2, 0.25) is 5.91 Å². The second-order valence-corrected chi connectivity index (χ2v) is 5.12. The van der Waals surface area contributed by atoms with Crippen molar-refractivity contribution in [2.24, 2.45) is 0 Å². The summed E-state index contributed by atoms with van der Waals surface area (Å²) in [5, 5.41) is 2.68. The third kappa shape index (κ3) is 5.98. The van der Waals surface area contributed by atoms with E-state index in [2.05, 4.69) is 16.2 Å². The third-order valence-corrected chi connectivity index (χ3v) is 3.24. The molecule has 0 bridgehead atoms. The number of carbonyl (C=O) groups is 3. The second-order valence-electron chi connectivity index (χ2n) is 5.12. The van der Waals surface area contributed by atoms with Gasteiger partial charge >= 0.3 is 6.09 Å². The van der Waals surface area contributed by atoms with Crippen LogP contribution < -0.4 is 16.2 Å². The SMILES string of the molecule is CCC(=O)Nc1ccc(C(=O)NNC(=O)OCc2ccccc2)cc1. The molecule has 25 heavy (non-hydrogen) atoms. The molecule has 3 amide bonds. The fraction of sp³-hybridized carbons (Fsp3) is 0.167. The summed E-state index contributed by atoms with van der Waals surface area (Å²) in [5.74, 6) is -0.606. The molecule has 2 aromatic carbocycles. The van der Waals surface area contributed by atoms with E-state index < -0.39 is 12.0 Å². The standard InChI is InChI=1S/C18H19N3O4/c1-2-16(22)19-15-10-8-14(9-11-15)17(23)20-21-18(24)25-12-13-6-4-3-5-7-13/h3-11H,2,12H2,1H3,(H,19,22)(H,20,23)(H,21,24). The molecular weight excluding hydrogens is 322 g/mol. The molecule has 0 radical (unpaired) electrons. The summed E-state index contributed by atoms with van der Waals surface area (Å²) in [7, 11) is 0. The average Bonchev–Trinajstić information content (AvgIpc) is 2.65. The van der Waals surface area contributed by atoms with Gasteiger partial charge in [-0.3, -0.25) is 15.0 Å². The fourth-order valence-electron chi connectivity index (χ4n) is 1.89. The number of nitrogens with one attached hydrogen (secondary N) is 3. The summed E-state index contributed by atoms with van der Waals surface area (Å²) >= 11 is 0. The van der Waals surface area contributed by atoms with Crippen LogP contribution in [0.15, 0.2) is 54.6 Å². The van der Waals surface area contributed by atoms with Crippen LogP contribution in [-0.2, 0) is 16.1 Å². The van der Waals surface area contributed by atoms with Gasteiger partial charge in [-0.1, -0.05) is 37.3 Å². The predicted molar refractivity (Wildman–Crippen MR) is 92.6 cm³/mol. The molecule has 0 aliphatic heterocycles. The Morgan fingerprint density at radius 2 is 1.60 bits per heavy atom. The van der Waals surface area contributed by atoms with Crippen molar-refractivity contribution in [2.75, 3.05) is 5.32 Å². The van der Waals surface area contributed by atoms with Gasteiger partial charge in [0.25, 0.3) is 5.91 Å². The van der Waals surface area contributed by atoms with E-state index in [4.69, 9.17) is 4.74 Å². The van der Waals surface area contributed by atoms with E-state index in [9.17, 15) is 14.4 Å². The van der Waals surface area contributed by atoms with Crippen molar-refractivity contribution < 1.29 is 19.1 Å². The van der Waals surface area contributed by atoms with Crippen LogP contribution in [-0.4, -0.2) is 17.9 Å². The van der Waals surface area contributed by atoms with E-state index in [0.29, 0.717) is 17.7 Å². The van der Waals surface area contributed by atoms with E-state index in [1.165, 1.54) is 12.1 Å². The lowest BCUT2D eigenvalue weighted by Gasteiger charge is -2.09. The number of anilines is 1. The molecule has 0 unspecified atom stereocenters. The number of benzene rings is 2. The largest absolute Gasteiger partial charge is 0.443 e. The van der Waals surface area contributed by atoms with Gasteiger partial charge in [-0.05, 0) is 29.8 Å². The lowest BCUT2D eigenvalue weighted by molar-refractivity contribution is -0.115. The van der Waals surface area contributed by atoms with E-state index in [-0.39, 0.29) is 12.5 Å². The van der Waals surface area contributed by atoms with Crippen LogP contribution in [0.25, 0.3) is 0 Å². The molecule has 7 heteroatoms. The normalized spacial score (nSPS) is 9.80. The zero-order chi connectivity index (χ0) is 18.1. The van der Waals surface area contributed by atoms with Gasteiger partial charge in [-0.15, -0.1) is 0 Å². The number of ether oxygens (including phenoxy) is 1. The van der Waals surface area contributed by atoms with E-state index in [0.717, 1.165) is 5.56 Å². The van der Waals surface area contributed by atoms with Crippen LogP contribution in [0.4, 0.5) is 10.5 Å². The minimum absolute atomic E-state index is 0.106. The summed E-state index contributed by atoms with van der Waals surface area (Å²) in [6, 6.07) is 15.5. The Morgan fingerprint density at radius 1 is 0.920 bits per heavy atom. The van der Waals surface area contributed by atoms with Crippen LogP contribution >= 0.6 is 0 Å². The smallest absolute Gasteiger partial charge is 0.426 e. The first-order valence-electron chi connectivity index (χ1n) is 7.75. The highest BCUT2D eigenvalue weighted by molar-refractivity contribution is 5.96. The highest BCUT2D eigenvalue weighted by Gasteiger charge is 2.08. The monoisotopic (exact) mass is 341 g/mol. The Kier molecular flexibility index (Phi) is 6.53. The molecule has 2 aromatic rings. The number of rotatable bonds is 5. The van der Waals surface area contributed by atoms with Gasteiger partial charge in [-0.2, -0.15) is 0 Å². The highest BCUT2D eigenvalue weighted by Crippen LogP contribution is 2.09. The Labute approximate surface area is 145 Å². The van der Waals surface area contributed by atoms with Gasteiger partial charge in [-0.25, -0.2) is 10.2 Å². The zero-order valence-electron chi connectivity index (χ0n) is 13.7. The van der Waals surface area contributed by atoms with Crippen LogP contribution in [0.1, 0.15) is 29.3 Å². The molecule has 2 rings (SSSR count). The molecule has 0 aliphatic rings. The molecular formula is C18H19N3O4. The van der Waals surface area contributed by atoms with Crippen LogP contribution in [0, 0.1) is 0 Å². The van der Waals surface area contributed by atoms with Crippen LogP contribution in [0.2, 0.25) is 0 Å². The first-order chi connectivity index (χ1) is 12.1. The van der Waals surface area contributed by atoms with Gasteiger partial charge < -0.3 is 10.1 Å². The Balaban J connectivity index is 1.77. The minimum atomic E-state index is -0.760. The number of hydrogen-bond acceptors (Lipinski definition) is 4. The summed E-state index contributed by atoms with van der Waals surface area (Å²) < 4.78 is 4.98. The van der Waals surface area contributed by atoms with E-state index in [1.807, 2.05) is 30.3 Å². The van der Waals surface area contributed by atoms with Crippen molar-refractivity contribution in [3.05, 3.63) is 65.7 Å². The maximum absolute atomic E-state index is 11.9. The third-order valence-electron chi connectivity index (χ3n) is 3.24. The maximum atomic E-state index is 11.9. The first-order valence-corrected chi connectivity index (χ1v) is 7.75. The van der Waals surface area contributed by atoms with Crippen molar-refractivity contribution in [1.82, 2.24) is 10.9 Å². The van der Waals surface area contributed by atoms with Gasteiger partial charge in [0.1, 0.15) is 6.61 Å². The summed E-state index contributed by atoms with van der Waals surface area (Å²) in [5.41, 5.74) is 6.20. The number of hydrogen-bond donors (Lipinski definition) is 3. The Hall–Kier alpha value is -3.35. The zero-order valence-corrected chi connectivity index (χ0v) is 13.7. The number of carbonyl (C=O) groups excluding carboxylic acids is 3. The number of hydrazine groups is 1. The van der Waals surface area contributed by atoms with Crippen molar-refractivity contribution in [1.29, 1.82) is 0 Å². The minimum Gasteiger partial charge on any atom is -0.443 e. The molecule has 0 fully saturated rings. The molecule has 0 saturated carbocycles. The predicted octanol–water partition coefficient (Wildman–Crippen LogP) is 2.61. The van der Waals surface area contributed by atoms with E-state index in [1.54, 1.807) is 19.1 Å². The summed E-state index contributed by atoms with van der Waals surface area (Å²) in [4.78, 5) is 34.8. The summed E-state index contributed by atoms with van der Waals surface area (Å²) in [6.45, 7) is 1.86. The molecule has 7 nitrogen and oxygen atoms in total. The number of amides is 3. The Bertz CT molecular complexity index is 730. The summed E-state index contributed by atoms with van der Waals surface area (Å²) in [6.07, 6.45) is -0.388. The van der Waals surface area contributed by atoms with Crippen LogP contribution in [0.5, 0.6) is 0 Å². The lowest BCUT2D eigenvalue weighted by Crippen LogP contribution is -2.41. The van der Waals surface area contributed by atoms with Crippen LogP contribution in [0.3, 0.4) is 0 Å². The molecule has 3 N–H and O–H groups in total. The Morgan fingerprint density at radius 3 is 2.24 bits per heavy atom. The molecule has 0 saturated heterocycles. The molecule has 0 aromatic heterocycles. The van der Waals surface area contributed by atoms with Crippen molar-refractivity contribution >= 4 is 23.6 Å². The molecule has 130 valence electrons. The molecule has 0 atom stereocenters. The first kappa shape index (κ1) is 18.0. The molecule has 0 spiro atoms. The van der Waals surface area contributed by atoms with Gasteiger partial charge in [0.05, 0.1) is 0 Å². The van der Waals surface area contributed by atoms with Crippen molar-refractivity contribution in [2.45, 2.75) is 20.0 Å². The second kappa shape index (κ2) is 9.07. The van der Waals surface area contributed by atoms with E-state index >= 15 is 0 Å². The van der Waals surface area contributed by atoms with Gasteiger partial charge in [0, 0.05) is 17.7 Å². The maximum Gasteiger partial charge on any atom is 0.426 e. The topological polar surface area (TPSA) is 96.5 Å². The quantitative estimate of drug-likeness (QED) is 0.728. The van der Waals surface area contributed by atoms with Crippen molar-refractivity contribution in [3.8, 4) is 0 Å². The van der Waals surface area contributed by atoms with Crippen molar-refractivity contribution in [3.63, 3.8) is 0 Å². The lowest BCUT2D eigenvalue weighted by atomic mass is 10.2. The highest BCUT2D eigenvalue weighted by atomic mass is 16.6. The molecule has 0 heterocycles. The molecule has 0 aliphatic carbocycles. The fourth-order valence-corrected chi connectivity index (χ4v) is 1.89.